The molecular formula is C12H24N2S. The van der Waals surface area contributed by atoms with Gasteiger partial charge in [0.05, 0.1) is 6.07 Å². The summed E-state index contributed by atoms with van der Waals surface area (Å²) in [5.74, 6) is 1.21. The summed E-state index contributed by atoms with van der Waals surface area (Å²) in [5, 5.41) is 13.0. The van der Waals surface area contributed by atoms with Gasteiger partial charge in [-0.15, -0.1) is 0 Å². The van der Waals surface area contributed by atoms with Gasteiger partial charge in [-0.1, -0.05) is 20.8 Å². The quantitative estimate of drug-likeness (QED) is 0.648. The molecule has 0 aromatic rings. The molecule has 88 valence electrons. The Hall–Kier alpha value is -0.200. The lowest BCUT2D eigenvalue weighted by Crippen LogP contribution is -2.40. The van der Waals surface area contributed by atoms with E-state index < -0.39 is 0 Å². The molecule has 0 aromatic heterocycles. The summed E-state index contributed by atoms with van der Waals surface area (Å²) in [6.07, 6.45) is 3.30. The second-order valence-corrected chi connectivity index (χ2v) is 6.04. The normalized spacial score (nSPS) is 14.9. The standard InChI is InChI=1S/C12H24N2S/c1-5-14-12(4,10-13)8-6-7-9-15-11(2)3/h11,14H,5-9H2,1-4H3. The van der Waals surface area contributed by atoms with Crippen LogP contribution in [0.5, 0.6) is 0 Å². The summed E-state index contributed by atoms with van der Waals surface area (Å²) < 4.78 is 0. The lowest BCUT2D eigenvalue weighted by molar-refractivity contribution is 0.415. The number of rotatable bonds is 8. The smallest absolute Gasteiger partial charge is 0.103 e. The lowest BCUT2D eigenvalue weighted by Gasteiger charge is -2.22. The van der Waals surface area contributed by atoms with Crippen molar-refractivity contribution in [2.75, 3.05) is 12.3 Å². The van der Waals surface area contributed by atoms with E-state index in [4.69, 9.17) is 5.26 Å². The first kappa shape index (κ1) is 14.8. The third kappa shape index (κ3) is 7.70. The van der Waals surface area contributed by atoms with Crippen LogP contribution >= 0.6 is 11.8 Å². The zero-order chi connectivity index (χ0) is 11.7. The summed E-state index contributed by atoms with van der Waals surface area (Å²) in [5.41, 5.74) is -0.322. The SMILES string of the molecule is CCNC(C)(C#N)CCCCSC(C)C. The predicted octanol–water partition coefficient (Wildman–Crippen LogP) is 3.19. The Morgan fingerprint density at radius 1 is 1.40 bits per heavy atom. The Morgan fingerprint density at radius 3 is 2.53 bits per heavy atom. The number of hydrogen-bond acceptors (Lipinski definition) is 3. The molecule has 0 aliphatic rings. The van der Waals surface area contributed by atoms with Crippen molar-refractivity contribution in [3.05, 3.63) is 0 Å². The molecule has 0 saturated carbocycles. The van der Waals surface area contributed by atoms with Crippen LogP contribution in [0.2, 0.25) is 0 Å². The van der Waals surface area contributed by atoms with Crippen LogP contribution in [-0.4, -0.2) is 23.1 Å². The Bertz CT molecular complexity index is 198. The monoisotopic (exact) mass is 228 g/mol. The van der Waals surface area contributed by atoms with E-state index in [9.17, 15) is 0 Å². The number of nitriles is 1. The van der Waals surface area contributed by atoms with E-state index in [1.54, 1.807) is 0 Å². The minimum atomic E-state index is -0.322. The fourth-order valence-corrected chi connectivity index (χ4v) is 2.32. The van der Waals surface area contributed by atoms with E-state index in [2.05, 4.69) is 25.2 Å². The highest BCUT2D eigenvalue weighted by atomic mass is 32.2. The van der Waals surface area contributed by atoms with E-state index in [-0.39, 0.29) is 5.54 Å². The predicted molar refractivity (Wildman–Crippen MR) is 69.1 cm³/mol. The molecule has 15 heavy (non-hydrogen) atoms. The second-order valence-electron chi connectivity index (χ2n) is 4.35. The molecule has 0 spiro atoms. The van der Waals surface area contributed by atoms with Gasteiger partial charge in [0.15, 0.2) is 0 Å². The van der Waals surface area contributed by atoms with Gasteiger partial charge in [0.1, 0.15) is 5.54 Å². The summed E-state index contributed by atoms with van der Waals surface area (Å²) in [6.45, 7) is 9.35. The molecule has 0 heterocycles. The van der Waals surface area contributed by atoms with Gasteiger partial charge in [-0.2, -0.15) is 17.0 Å². The number of nitrogens with one attached hydrogen (secondary N) is 1. The minimum absolute atomic E-state index is 0.322. The van der Waals surface area contributed by atoms with Crippen molar-refractivity contribution in [3.63, 3.8) is 0 Å². The van der Waals surface area contributed by atoms with Crippen molar-refractivity contribution < 1.29 is 0 Å². The topological polar surface area (TPSA) is 35.8 Å². The highest BCUT2D eigenvalue weighted by Crippen LogP contribution is 2.16. The Labute approximate surface area is 98.8 Å². The van der Waals surface area contributed by atoms with Gasteiger partial charge in [-0.3, -0.25) is 5.32 Å². The van der Waals surface area contributed by atoms with Crippen molar-refractivity contribution in [3.8, 4) is 6.07 Å². The molecule has 0 amide bonds. The van der Waals surface area contributed by atoms with Crippen LogP contribution in [0.15, 0.2) is 0 Å². The van der Waals surface area contributed by atoms with Gasteiger partial charge in [0, 0.05) is 0 Å². The number of nitrogens with zero attached hydrogens (tertiary/aromatic N) is 1. The van der Waals surface area contributed by atoms with Gasteiger partial charge in [0.2, 0.25) is 0 Å². The maximum atomic E-state index is 9.04. The third-order valence-corrected chi connectivity index (χ3v) is 3.53. The van der Waals surface area contributed by atoms with E-state index >= 15 is 0 Å². The number of unbranched alkanes of at least 4 members (excludes halogenated alkanes) is 1. The maximum absolute atomic E-state index is 9.04. The van der Waals surface area contributed by atoms with E-state index in [0.717, 1.165) is 24.6 Å². The average Bonchev–Trinajstić information content (AvgIpc) is 2.17. The fraction of sp³-hybridized carbons (Fsp3) is 0.917. The van der Waals surface area contributed by atoms with Gasteiger partial charge in [-0.25, -0.2) is 0 Å². The second kappa shape index (κ2) is 8.01. The van der Waals surface area contributed by atoms with E-state index in [1.165, 1.54) is 12.2 Å². The third-order valence-electron chi connectivity index (χ3n) is 2.34. The summed E-state index contributed by atoms with van der Waals surface area (Å²) in [6, 6.07) is 2.36. The Morgan fingerprint density at radius 2 is 2.07 bits per heavy atom. The molecule has 0 aliphatic heterocycles. The minimum Gasteiger partial charge on any atom is -0.300 e. The molecule has 2 nitrogen and oxygen atoms in total. The molecule has 0 aliphatic carbocycles. The zero-order valence-electron chi connectivity index (χ0n) is 10.5. The van der Waals surface area contributed by atoms with Crippen molar-refractivity contribution in [2.24, 2.45) is 0 Å². The van der Waals surface area contributed by atoms with Crippen LogP contribution in [0.4, 0.5) is 0 Å². The first-order valence-corrected chi connectivity index (χ1v) is 6.87. The molecule has 3 heteroatoms. The maximum Gasteiger partial charge on any atom is 0.103 e. The van der Waals surface area contributed by atoms with Crippen LogP contribution in [0.3, 0.4) is 0 Å². The Balaban J connectivity index is 3.60. The number of hydrogen-bond donors (Lipinski definition) is 1. The summed E-state index contributed by atoms with van der Waals surface area (Å²) in [4.78, 5) is 0. The van der Waals surface area contributed by atoms with Gasteiger partial charge in [-0.05, 0) is 43.7 Å². The van der Waals surface area contributed by atoms with E-state index in [1.807, 2.05) is 25.6 Å². The molecule has 0 radical (unpaired) electrons. The average molecular weight is 228 g/mol. The molecule has 1 N–H and O–H groups in total. The molecular weight excluding hydrogens is 204 g/mol. The van der Waals surface area contributed by atoms with Crippen LogP contribution in [0, 0.1) is 11.3 Å². The molecule has 0 rings (SSSR count). The fourth-order valence-electron chi connectivity index (χ4n) is 1.47. The highest BCUT2D eigenvalue weighted by molar-refractivity contribution is 7.99. The first-order valence-electron chi connectivity index (χ1n) is 5.82. The van der Waals surface area contributed by atoms with Crippen molar-refractivity contribution in [1.82, 2.24) is 5.32 Å². The summed E-state index contributed by atoms with van der Waals surface area (Å²) >= 11 is 2.00. The molecule has 0 fully saturated rings. The molecule has 0 bridgehead atoms. The molecule has 0 saturated heterocycles. The molecule has 0 aromatic carbocycles. The first-order chi connectivity index (χ1) is 7.04. The molecule has 1 unspecified atom stereocenters. The molecule has 1 atom stereocenters. The lowest BCUT2D eigenvalue weighted by atomic mass is 9.97. The highest BCUT2D eigenvalue weighted by Gasteiger charge is 2.20. The van der Waals surface area contributed by atoms with Crippen LogP contribution in [0.1, 0.15) is 47.0 Å². The van der Waals surface area contributed by atoms with Crippen LogP contribution in [0.25, 0.3) is 0 Å². The van der Waals surface area contributed by atoms with Gasteiger partial charge in [0.25, 0.3) is 0 Å². The number of thioether (sulfide) groups is 1. The Kier molecular flexibility index (Phi) is 7.90. The summed E-state index contributed by atoms with van der Waals surface area (Å²) in [7, 11) is 0. The van der Waals surface area contributed by atoms with Crippen LogP contribution < -0.4 is 5.32 Å². The van der Waals surface area contributed by atoms with Crippen molar-refractivity contribution in [1.29, 1.82) is 5.26 Å². The largest absolute Gasteiger partial charge is 0.300 e. The van der Waals surface area contributed by atoms with Crippen molar-refractivity contribution in [2.45, 2.75) is 57.7 Å². The van der Waals surface area contributed by atoms with Crippen molar-refractivity contribution >= 4 is 11.8 Å². The zero-order valence-corrected chi connectivity index (χ0v) is 11.3. The van der Waals surface area contributed by atoms with E-state index in [0.29, 0.717) is 0 Å². The van der Waals surface area contributed by atoms with Gasteiger partial charge >= 0.3 is 0 Å². The van der Waals surface area contributed by atoms with Gasteiger partial charge < -0.3 is 0 Å². The van der Waals surface area contributed by atoms with Crippen LogP contribution in [-0.2, 0) is 0 Å².